The zero-order valence-electron chi connectivity index (χ0n) is 18.9. The average molecular weight is 488 g/mol. The van der Waals surface area contributed by atoms with Gasteiger partial charge >= 0.3 is 0 Å². The van der Waals surface area contributed by atoms with Gasteiger partial charge in [-0.05, 0) is 42.7 Å². The largest absolute Gasteiger partial charge is 0.493 e. The molecule has 9 heteroatoms. The number of hydrogen-bond donors (Lipinski definition) is 0. The van der Waals surface area contributed by atoms with Gasteiger partial charge in [0.2, 0.25) is 10.0 Å². The van der Waals surface area contributed by atoms with Crippen molar-refractivity contribution in [3.8, 4) is 17.0 Å². The first-order chi connectivity index (χ1) is 15.9. The second kappa shape index (κ2) is 10.7. The van der Waals surface area contributed by atoms with Crippen molar-refractivity contribution in [1.82, 2.24) is 13.9 Å². The summed E-state index contributed by atoms with van der Waals surface area (Å²) >= 11 is 1.65. The van der Waals surface area contributed by atoms with Crippen molar-refractivity contribution in [2.24, 2.45) is 0 Å². The molecule has 1 fully saturated rings. The second-order valence-corrected chi connectivity index (χ2v) is 11.2. The SMILES string of the molecule is CN(C)S(=O)(=O)c1ccc(OCCSc2ncc(-c3ccccc3)n2CC2CCCO2)cc1. The Morgan fingerprint density at radius 2 is 1.91 bits per heavy atom. The highest BCUT2D eigenvalue weighted by Gasteiger charge is 2.21. The summed E-state index contributed by atoms with van der Waals surface area (Å²) < 4.78 is 39.5. The Hall–Kier alpha value is -2.33. The summed E-state index contributed by atoms with van der Waals surface area (Å²) in [4.78, 5) is 4.93. The summed E-state index contributed by atoms with van der Waals surface area (Å²) in [5.74, 6) is 1.36. The summed E-state index contributed by atoms with van der Waals surface area (Å²) in [5.41, 5.74) is 2.23. The Balaban J connectivity index is 1.38. The topological polar surface area (TPSA) is 73.7 Å². The summed E-state index contributed by atoms with van der Waals surface area (Å²) in [6.45, 7) is 2.10. The molecule has 1 aromatic heterocycles. The van der Waals surface area contributed by atoms with Crippen molar-refractivity contribution in [3.63, 3.8) is 0 Å². The van der Waals surface area contributed by atoms with Crippen LogP contribution in [0.3, 0.4) is 0 Å². The van der Waals surface area contributed by atoms with Gasteiger partial charge in [0.05, 0.1) is 36.0 Å². The number of sulfonamides is 1. The molecule has 7 nitrogen and oxygen atoms in total. The fraction of sp³-hybridized carbons (Fsp3) is 0.375. The van der Waals surface area contributed by atoms with E-state index in [9.17, 15) is 8.42 Å². The van der Waals surface area contributed by atoms with E-state index in [1.807, 2.05) is 24.4 Å². The van der Waals surface area contributed by atoms with Gasteiger partial charge in [0, 0.05) is 26.5 Å². The third-order valence-corrected chi connectivity index (χ3v) is 8.27. The van der Waals surface area contributed by atoms with E-state index in [0.717, 1.165) is 42.4 Å². The normalized spacial score (nSPS) is 16.4. The highest BCUT2D eigenvalue weighted by Crippen LogP contribution is 2.28. The molecule has 1 unspecified atom stereocenters. The molecular formula is C24H29N3O4S2. The molecule has 1 saturated heterocycles. The number of benzene rings is 2. The monoisotopic (exact) mass is 487 g/mol. The lowest BCUT2D eigenvalue weighted by Gasteiger charge is -2.16. The fourth-order valence-electron chi connectivity index (χ4n) is 3.69. The molecule has 33 heavy (non-hydrogen) atoms. The number of rotatable bonds is 10. The quantitative estimate of drug-likeness (QED) is 0.316. The van der Waals surface area contributed by atoms with Gasteiger partial charge in [-0.15, -0.1) is 0 Å². The van der Waals surface area contributed by atoms with E-state index in [-0.39, 0.29) is 11.0 Å². The van der Waals surface area contributed by atoms with Crippen molar-refractivity contribution in [2.75, 3.05) is 33.1 Å². The van der Waals surface area contributed by atoms with Gasteiger partial charge in [0.25, 0.3) is 0 Å². The van der Waals surface area contributed by atoms with Crippen LogP contribution in [0.4, 0.5) is 0 Å². The zero-order chi connectivity index (χ0) is 23.3. The van der Waals surface area contributed by atoms with Gasteiger partial charge in [0.1, 0.15) is 5.75 Å². The van der Waals surface area contributed by atoms with Gasteiger partial charge in [-0.25, -0.2) is 17.7 Å². The van der Waals surface area contributed by atoms with Crippen LogP contribution in [-0.2, 0) is 21.3 Å². The minimum atomic E-state index is -3.44. The van der Waals surface area contributed by atoms with Crippen LogP contribution in [-0.4, -0.2) is 61.4 Å². The van der Waals surface area contributed by atoms with E-state index >= 15 is 0 Å². The van der Waals surface area contributed by atoms with Gasteiger partial charge in [-0.2, -0.15) is 0 Å². The van der Waals surface area contributed by atoms with Crippen LogP contribution in [0.25, 0.3) is 11.3 Å². The predicted octanol–water partition coefficient (Wildman–Crippen LogP) is 4.15. The number of imidazole rings is 1. The van der Waals surface area contributed by atoms with Crippen LogP contribution < -0.4 is 4.74 Å². The van der Waals surface area contributed by atoms with Crippen molar-refractivity contribution in [2.45, 2.75) is 35.5 Å². The smallest absolute Gasteiger partial charge is 0.242 e. The third-order valence-electron chi connectivity index (χ3n) is 5.48. The Bertz CT molecular complexity index is 1140. The third kappa shape index (κ3) is 5.78. The van der Waals surface area contributed by atoms with Crippen LogP contribution >= 0.6 is 11.8 Å². The molecule has 1 atom stereocenters. The molecule has 1 aliphatic rings. The molecular weight excluding hydrogens is 458 g/mol. The Kier molecular flexibility index (Phi) is 7.75. The highest BCUT2D eigenvalue weighted by molar-refractivity contribution is 7.99. The van der Waals surface area contributed by atoms with Crippen molar-refractivity contribution < 1.29 is 17.9 Å². The maximum absolute atomic E-state index is 12.2. The highest BCUT2D eigenvalue weighted by atomic mass is 32.2. The van der Waals surface area contributed by atoms with E-state index in [1.165, 1.54) is 18.4 Å². The van der Waals surface area contributed by atoms with E-state index in [1.54, 1.807) is 36.0 Å². The maximum atomic E-state index is 12.2. The minimum absolute atomic E-state index is 0.217. The van der Waals surface area contributed by atoms with Crippen LogP contribution in [0.2, 0.25) is 0 Å². The molecule has 0 spiro atoms. The first-order valence-electron chi connectivity index (χ1n) is 11.0. The average Bonchev–Trinajstić information content (AvgIpc) is 3.48. The van der Waals surface area contributed by atoms with Gasteiger partial charge in [-0.1, -0.05) is 42.1 Å². The molecule has 2 heterocycles. The number of hydrogen-bond acceptors (Lipinski definition) is 6. The molecule has 3 aromatic rings. The van der Waals surface area contributed by atoms with E-state index in [4.69, 9.17) is 9.47 Å². The van der Waals surface area contributed by atoms with Crippen molar-refractivity contribution in [1.29, 1.82) is 0 Å². The summed E-state index contributed by atoms with van der Waals surface area (Å²) in [6, 6.07) is 16.8. The number of thioether (sulfide) groups is 1. The molecule has 2 aromatic carbocycles. The van der Waals surface area contributed by atoms with Crippen LogP contribution in [0.1, 0.15) is 12.8 Å². The lowest BCUT2D eigenvalue weighted by atomic mass is 10.1. The summed E-state index contributed by atoms with van der Waals surface area (Å²) in [7, 11) is -0.404. The Labute approximate surface area is 199 Å². The molecule has 0 bridgehead atoms. The number of aromatic nitrogens is 2. The number of ether oxygens (including phenoxy) is 2. The summed E-state index contributed by atoms with van der Waals surface area (Å²) in [6.07, 6.45) is 4.32. The summed E-state index contributed by atoms with van der Waals surface area (Å²) in [5, 5.41) is 0.945. The molecule has 0 N–H and O–H groups in total. The van der Waals surface area contributed by atoms with Gasteiger partial charge in [-0.3, -0.25) is 0 Å². The predicted molar refractivity (Wildman–Crippen MR) is 130 cm³/mol. The van der Waals surface area contributed by atoms with Crippen molar-refractivity contribution in [3.05, 3.63) is 60.8 Å². The van der Waals surface area contributed by atoms with E-state index < -0.39 is 10.0 Å². The van der Waals surface area contributed by atoms with Crippen molar-refractivity contribution >= 4 is 21.8 Å². The first kappa shape index (κ1) is 23.8. The first-order valence-corrected chi connectivity index (χ1v) is 13.4. The van der Waals surface area contributed by atoms with Gasteiger partial charge in [0.15, 0.2) is 5.16 Å². The van der Waals surface area contributed by atoms with Crippen LogP contribution in [0.5, 0.6) is 5.75 Å². The lowest BCUT2D eigenvalue weighted by molar-refractivity contribution is 0.0954. The molecule has 0 amide bonds. The number of nitrogens with zero attached hydrogens (tertiary/aromatic N) is 3. The van der Waals surface area contributed by atoms with Gasteiger partial charge < -0.3 is 14.0 Å². The zero-order valence-corrected chi connectivity index (χ0v) is 20.5. The molecule has 0 radical (unpaired) electrons. The minimum Gasteiger partial charge on any atom is -0.493 e. The standard InChI is InChI=1S/C24H29N3O4S2/c1-26(2)33(28,29)22-12-10-20(11-13-22)31-15-16-32-24-25-17-23(19-7-4-3-5-8-19)27(24)18-21-9-6-14-30-21/h3-5,7-8,10-13,17,21H,6,9,14-16,18H2,1-2H3. The second-order valence-electron chi connectivity index (χ2n) is 7.99. The van der Waals surface area contributed by atoms with E-state index in [2.05, 4.69) is 21.7 Å². The molecule has 1 aliphatic heterocycles. The molecule has 0 aliphatic carbocycles. The van der Waals surface area contributed by atoms with Crippen LogP contribution in [0, 0.1) is 0 Å². The fourth-order valence-corrected chi connectivity index (χ4v) is 5.40. The molecule has 176 valence electrons. The lowest BCUT2D eigenvalue weighted by Crippen LogP contribution is -2.22. The maximum Gasteiger partial charge on any atom is 0.242 e. The Morgan fingerprint density at radius 3 is 2.58 bits per heavy atom. The Morgan fingerprint density at radius 1 is 1.15 bits per heavy atom. The van der Waals surface area contributed by atoms with Crippen LogP contribution in [0.15, 0.2) is 70.8 Å². The molecule has 4 rings (SSSR count). The molecule has 0 saturated carbocycles. The van der Waals surface area contributed by atoms with E-state index in [0.29, 0.717) is 18.1 Å².